The van der Waals surface area contributed by atoms with Crippen LogP contribution < -0.4 is 15.0 Å². The second-order valence-electron chi connectivity index (χ2n) is 9.33. The molecule has 3 heterocycles. The van der Waals surface area contributed by atoms with Gasteiger partial charge in [0.2, 0.25) is 0 Å². The third kappa shape index (κ3) is 4.77. The summed E-state index contributed by atoms with van der Waals surface area (Å²) in [6.07, 6.45) is 1.82. The van der Waals surface area contributed by atoms with Gasteiger partial charge in [0.1, 0.15) is 12.4 Å². The van der Waals surface area contributed by atoms with Gasteiger partial charge >= 0.3 is 0 Å². The first kappa shape index (κ1) is 26.2. The summed E-state index contributed by atoms with van der Waals surface area (Å²) in [5.41, 5.74) is 7.74. The lowest BCUT2D eigenvalue weighted by Crippen LogP contribution is -2.29. The van der Waals surface area contributed by atoms with Crippen molar-refractivity contribution in [2.45, 2.75) is 32.9 Å². The number of thiocarbonyl (C=S) groups is 1. The molecule has 1 aliphatic rings. The topological polar surface area (TPSA) is 51.6 Å². The van der Waals surface area contributed by atoms with Crippen LogP contribution in [0.4, 0.5) is 5.69 Å². The molecule has 0 amide bonds. The normalized spacial score (nSPS) is 17.1. The lowest BCUT2D eigenvalue weighted by atomic mass is 9.93. The minimum absolute atomic E-state index is 0.141. The van der Waals surface area contributed by atoms with Crippen LogP contribution in [0.15, 0.2) is 72.9 Å². The van der Waals surface area contributed by atoms with E-state index in [1.54, 1.807) is 7.11 Å². The van der Waals surface area contributed by atoms with Crippen molar-refractivity contribution in [3.05, 3.63) is 106 Å². The zero-order valence-electron chi connectivity index (χ0n) is 21.9. The van der Waals surface area contributed by atoms with Crippen LogP contribution >= 0.6 is 23.8 Å². The molecule has 2 aromatic carbocycles. The largest absolute Gasteiger partial charge is 0.490 e. The van der Waals surface area contributed by atoms with Gasteiger partial charge in [0, 0.05) is 41.6 Å². The first-order valence-electron chi connectivity index (χ1n) is 12.6. The predicted molar refractivity (Wildman–Crippen MR) is 157 cm³/mol. The number of methoxy groups -OCH3 is 1. The first-order chi connectivity index (χ1) is 18.4. The van der Waals surface area contributed by atoms with Crippen molar-refractivity contribution < 1.29 is 9.47 Å². The Morgan fingerprint density at radius 1 is 0.947 bits per heavy atom. The van der Waals surface area contributed by atoms with Crippen molar-refractivity contribution in [1.82, 2.24) is 14.9 Å². The summed E-state index contributed by atoms with van der Waals surface area (Å²) in [6.45, 7) is 7.45. The molecule has 0 bridgehead atoms. The number of hydrogen-bond acceptors (Lipinski definition) is 4. The van der Waals surface area contributed by atoms with Crippen molar-refractivity contribution >= 4 is 34.6 Å². The van der Waals surface area contributed by atoms with Crippen LogP contribution in [0.2, 0.25) is 5.02 Å². The Morgan fingerprint density at radius 3 is 2.39 bits per heavy atom. The highest BCUT2D eigenvalue weighted by Gasteiger charge is 2.43. The summed E-state index contributed by atoms with van der Waals surface area (Å²) in [7, 11) is 1.64. The number of pyridine rings is 1. The molecule has 5 rings (SSSR count). The first-order valence-corrected chi connectivity index (χ1v) is 13.4. The zero-order valence-corrected chi connectivity index (χ0v) is 23.5. The third-order valence-electron chi connectivity index (χ3n) is 7.15. The van der Waals surface area contributed by atoms with Gasteiger partial charge in [0.15, 0.2) is 5.11 Å². The van der Waals surface area contributed by atoms with Crippen molar-refractivity contribution in [3.63, 3.8) is 0 Å². The van der Waals surface area contributed by atoms with Gasteiger partial charge in [-0.1, -0.05) is 35.9 Å². The van der Waals surface area contributed by atoms with Crippen LogP contribution in [0.5, 0.6) is 5.75 Å². The van der Waals surface area contributed by atoms with E-state index in [0.717, 1.165) is 17.1 Å². The van der Waals surface area contributed by atoms with Crippen LogP contribution in [0.3, 0.4) is 0 Å². The lowest BCUT2D eigenvalue weighted by molar-refractivity contribution is 0.146. The monoisotopic (exact) mass is 546 g/mol. The third-order valence-corrected chi connectivity index (χ3v) is 7.76. The van der Waals surface area contributed by atoms with E-state index in [2.05, 4.69) is 59.8 Å². The van der Waals surface area contributed by atoms with E-state index < -0.39 is 0 Å². The number of anilines is 1. The molecule has 0 saturated carbocycles. The van der Waals surface area contributed by atoms with E-state index in [-0.39, 0.29) is 12.1 Å². The van der Waals surface area contributed by atoms with Gasteiger partial charge in [0.25, 0.3) is 0 Å². The number of ether oxygens (including phenoxy) is 2. The van der Waals surface area contributed by atoms with E-state index in [1.165, 1.54) is 22.5 Å². The van der Waals surface area contributed by atoms with Gasteiger partial charge in [-0.2, -0.15) is 0 Å². The van der Waals surface area contributed by atoms with Crippen LogP contribution in [0.25, 0.3) is 5.69 Å². The zero-order chi connectivity index (χ0) is 26.8. The fraction of sp³-hybridized carbons (Fsp3) is 0.267. The molecule has 6 nitrogen and oxygen atoms in total. The number of para-hydroxylation sites is 1. The fourth-order valence-corrected chi connectivity index (χ4v) is 5.90. The lowest BCUT2D eigenvalue weighted by Gasteiger charge is -2.29. The summed E-state index contributed by atoms with van der Waals surface area (Å²) >= 11 is 12.6. The summed E-state index contributed by atoms with van der Waals surface area (Å²) in [4.78, 5) is 6.86. The molecule has 1 aliphatic heterocycles. The number of hydrogen-bond donors (Lipinski definition) is 1. The minimum atomic E-state index is -0.150. The van der Waals surface area contributed by atoms with E-state index in [0.29, 0.717) is 29.1 Å². The Morgan fingerprint density at radius 2 is 1.71 bits per heavy atom. The second kappa shape index (κ2) is 11.2. The average molecular weight is 547 g/mol. The number of benzene rings is 2. The maximum absolute atomic E-state index is 6.68. The predicted octanol–water partition coefficient (Wildman–Crippen LogP) is 6.65. The van der Waals surface area contributed by atoms with Gasteiger partial charge in [-0.05, 0) is 81.0 Å². The number of halogens is 1. The van der Waals surface area contributed by atoms with E-state index >= 15 is 0 Å². The smallest absolute Gasteiger partial charge is 0.174 e. The maximum Gasteiger partial charge on any atom is 0.174 e. The Bertz CT molecular complexity index is 1440. The minimum Gasteiger partial charge on any atom is -0.490 e. The van der Waals surface area contributed by atoms with E-state index in [1.807, 2.05) is 48.7 Å². The highest BCUT2D eigenvalue weighted by molar-refractivity contribution is 7.80. The van der Waals surface area contributed by atoms with Crippen molar-refractivity contribution in [1.29, 1.82) is 0 Å². The van der Waals surface area contributed by atoms with E-state index in [4.69, 9.17) is 38.3 Å². The Labute approximate surface area is 234 Å². The summed E-state index contributed by atoms with van der Waals surface area (Å²) < 4.78 is 13.2. The SMILES string of the molecule is COCCOc1ccc(N2C(=S)N[C@@H](c3ccccn3)[C@@H]2c2c(C)c(C)n(-c3ccccc3)c2C)cc1Cl. The molecular formula is C30H31ClN4O2S. The molecule has 0 unspecified atom stereocenters. The molecule has 8 heteroatoms. The van der Waals surface area contributed by atoms with Crippen molar-refractivity contribution in [2.24, 2.45) is 0 Å². The standard InChI is InChI=1S/C30H31ClN4O2S/c1-19-20(2)34(22-10-6-5-7-11-22)21(3)27(19)29-28(25-12-8-9-15-32-25)33-30(38)35(29)23-13-14-26(24(31)18-23)37-17-16-36-4/h5-15,18,28-29H,16-17H2,1-4H3,(H,33,38)/t28-,29-/m0/s1. The molecule has 4 aromatic rings. The average Bonchev–Trinajstić information content (AvgIpc) is 3.37. The van der Waals surface area contributed by atoms with Crippen molar-refractivity contribution in [3.8, 4) is 11.4 Å². The Hall–Kier alpha value is -3.39. The van der Waals surface area contributed by atoms with Crippen LogP contribution in [-0.4, -0.2) is 35.0 Å². The molecule has 1 fully saturated rings. The molecule has 0 spiro atoms. The fourth-order valence-electron chi connectivity index (χ4n) is 5.32. The maximum atomic E-state index is 6.68. The van der Waals surface area contributed by atoms with Gasteiger partial charge in [0.05, 0.1) is 29.4 Å². The summed E-state index contributed by atoms with van der Waals surface area (Å²) in [6, 6.07) is 21.9. The van der Waals surface area contributed by atoms with Crippen LogP contribution in [0.1, 0.15) is 40.3 Å². The Balaban J connectivity index is 1.64. The highest BCUT2D eigenvalue weighted by Crippen LogP contribution is 2.46. The quantitative estimate of drug-likeness (QED) is 0.197. The Kier molecular flexibility index (Phi) is 7.70. The van der Waals surface area contributed by atoms with Crippen molar-refractivity contribution in [2.75, 3.05) is 25.2 Å². The highest BCUT2D eigenvalue weighted by atomic mass is 35.5. The van der Waals surface area contributed by atoms with Crippen LogP contribution in [-0.2, 0) is 4.74 Å². The molecule has 1 N–H and O–H groups in total. The number of nitrogens with zero attached hydrogens (tertiary/aromatic N) is 3. The molecule has 0 aliphatic carbocycles. The van der Waals surface area contributed by atoms with Gasteiger partial charge in [-0.25, -0.2) is 0 Å². The summed E-state index contributed by atoms with van der Waals surface area (Å²) in [5, 5.41) is 4.71. The number of rotatable bonds is 8. The van der Waals surface area contributed by atoms with Crippen LogP contribution in [0, 0.1) is 20.8 Å². The number of aromatic nitrogens is 2. The molecule has 2 aromatic heterocycles. The van der Waals surface area contributed by atoms with E-state index in [9.17, 15) is 0 Å². The molecule has 0 radical (unpaired) electrons. The number of nitrogens with one attached hydrogen (secondary N) is 1. The molecular weight excluding hydrogens is 516 g/mol. The summed E-state index contributed by atoms with van der Waals surface area (Å²) in [5.74, 6) is 0.613. The van der Waals surface area contributed by atoms with Gasteiger partial charge in [-0.3, -0.25) is 4.98 Å². The molecule has 196 valence electrons. The molecule has 2 atom stereocenters. The van der Waals surface area contributed by atoms with Gasteiger partial charge < -0.3 is 24.3 Å². The molecule has 1 saturated heterocycles. The molecule has 38 heavy (non-hydrogen) atoms. The second-order valence-corrected chi connectivity index (χ2v) is 10.1. The van der Waals surface area contributed by atoms with Gasteiger partial charge in [-0.15, -0.1) is 0 Å².